The molecule has 7 heteroatoms. The topological polar surface area (TPSA) is 72.6 Å². The number of carbonyl (C=O) groups excluding carboxylic acids is 2. The minimum absolute atomic E-state index is 0.0123. The van der Waals surface area contributed by atoms with Gasteiger partial charge in [-0.25, -0.2) is 4.79 Å². The number of allylic oxidation sites excluding steroid dienone is 6. The molecule has 0 aromatic carbocycles. The number of methoxy groups -OCH3 is 1. The maximum absolute atomic E-state index is 13.8. The molecule has 204 valence electrons. The summed E-state index contributed by atoms with van der Waals surface area (Å²) in [5, 5.41) is 0. The first-order valence-corrected chi connectivity index (χ1v) is 14.6. The first-order valence-electron chi connectivity index (χ1n) is 13.8. The molecule has 0 radical (unpaired) electrons. The van der Waals surface area contributed by atoms with Crippen molar-refractivity contribution < 1.29 is 18.7 Å². The fourth-order valence-electron chi connectivity index (χ4n) is 5.47. The Balaban J connectivity index is 1.51. The van der Waals surface area contributed by atoms with Crippen LogP contribution in [0.5, 0.6) is 0 Å². The van der Waals surface area contributed by atoms with Crippen molar-refractivity contribution in [2.45, 2.75) is 65.3 Å². The van der Waals surface area contributed by atoms with Crippen molar-refractivity contribution in [1.82, 2.24) is 4.98 Å². The van der Waals surface area contributed by atoms with E-state index in [9.17, 15) is 9.59 Å². The fourth-order valence-corrected chi connectivity index (χ4v) is 6.55. The van der Waals surface area contributed by atoms with Gasteiger partial charge in [0.05, 0.1) is 12.8 Å². The zero-order chi connectivity index (χ0) is 27.5. The Morgan fingerprint density at radius 1 is 1.15 bits per heavy atom. The molecule has 3 aromatic heterocycles. The van der Waals surface area contributed by atoms with E-state index >= 15 is 0 Å². The third kappa shape index (κ3) is 5.78. The lowest BCUT2D eigenvalue weighted by molar-refractivity contribution is -0.123. The van der Waals surface area contributed by atoms with Crippen molar-refractivity contribution >= 4 is 51.1 Å². The lowest BCUT2D eigenvalue weighted by Crippen LogP contribution is -2.42. The number of rotatable bonds is 6. The van der Waals surface area contributed by atoms with Crippen LogP contribution in [0.1, 0.15) is 79.6 Å². The van der Waals surface area contributed by atoms with Crippen LogP contribution in [0.3, 0.4) is 0 Å². The Hall–Kier alpha value is -3.45. The zero-order valence-corrected chi connectivity index (χ0v) is 23.9. The number of aromatic nitrogens is 1. The van der Waals surface area contributed by atoms with Crippen molar-refractivity contribution in [3.05, 3.63) is 70.3 Å². The molecule has 0 spiro atoms. The maximum atomic E-state index is 13.8. The summed E-state index contributed by atoms with van der Waals surface area (Å²) in [5.74, 6) is 1.15. The Kier molecular flexibility index (Phi) is 8.17. The quantitative estimate of drug-likeness (QED) is 0.294. The van der Waals surface area contributed by atoms with E-state index in [1.165, 1.54) is 18.4 Å². The van der Waals surface area contributed by atoms with E-state index in [-0.39, 0.29) is 17.9 Å². The van der Waals surface area contributed by atoms with E-state index in [4.69, 9.17) is 9.15 Å². The molecule has 3 aromatic rings. The molecule has 1 fully saturated rings. The number of fused-ring (bicyclic) bond motifs is 1. The van der Waals surface area contributed by atoms with Crippen molar-refractivity contribution in [1.29, 1.82) is 0 Å². The highest BCUT2D eigenvalue weighted by atomic mass is 32.1. The molecule has 0 N–H and O–H groups in total. The number of pyridine rings is 1. The van der Waals surface area contributed by atoms with E-state index in [0.29, 0.717) is 16.5 Å². The molecular weight excluding hydrogens is 508 g/mol. The molecule has 0 saturated heterocycles. The summed E-state index contributed by atoms with van der Waals surface area (Å²) >= 11 is 1.38. The van der Waals surface area contributed by atoms with Crippen molar-refractivity contribution in [2.75, 3.05) is 12.0 Å². The highest BCUT2D eigenvalue weighted by Gasteiger charge is 2.33. The monoisotopic (exact) mass is 544 g/mol. The number of esters is 1. The Labute approximate surface area is 234 Å². The number of thiophene rings is 1. The number of carbonyl (C=O) groups is 2. The van der Waals surface area contributed by atoms with Crippen molar-refractivity contribution in [2.24, 2.45) is 11.8 Å². The van der Waals surface area contributed by atoms with Crippen LogP contribution in [-0.2, 0) is 9.53 Å². The molecule has 39 heavy (non-hydrogen) atoms. The van der Waals surface area contributed by atoms with E-state index in [2.05, 4.69) is 36.2 Å². The molecule has 2 aliphatic rings. The first-order chi connectivity index (χ1) is 18.9. The molecule has 0 bridgehead atoms. The van der Waals surface area contributed by atoms with Crippen LogP contribution >= 0.6 is 11.3 Å². The van der Waals surface area contributed by atoms with Crippen LogP contribution in [-0.4, -0.2) is 30.0 Å². The Morgan fingerprint density at radius 3 is 2.67 bits per heavy atom. The third-order valence-corrected chi connectivity index (χ3v) is 8.85. The van der Waals surface area contributed by atoms with Gasteiger partial charge in [0, 0.05) is 29.1 Å². The van der Waals surface area contributed by atoms with Gasteiger partial charge in [-0.3, -0.25) is 9.78 Å². The number of ether oxygens (including phenoxy) is 1. The Bertz CT molecular complexity index is 1420. The number of anilines is 1. The average Bonchev–Trinajstić information content (AvgIpc) is 3.53. The summed E-state index contributed by atoms with van der Waals surface area (Å²) in [7, 11) is 1.39. The Morgan fingerprint density at radius 2 is 1.95 bits per heavy atom. The van der Waals surface area contributed by atoms with Gasteiger partial charge in [0.1, 0.15) is 16.2 Å². The van der Waals surface area contributed by atoms with Crippen LogP contribution in [0.4, 0.5) is 5.69 Å². The van der Waals surface area contributed by atoms with Crippen LogP contribution in [0.2, 0.25) is 0 Å². The highest BCUT2D eigenvalue weighted by Crippen LogP contribution is 2.40. The first kappa shape index (κ1) is 27.1. The van der Waals surface area contributed by atoms with E-state index in [0.717, 1.165) is 71.4 Å². The van der Waals surface area contributed by atoms with Gasteiger partial charge < -0.3 is 14.1 Å². The zero-order valence-electron chi connectivity index (χ0n) is 23.1. The molecule has 5 rings (SSSR count). The minimum atomic E-state index is -0.418. The summed E-state index contributed by atoms with van der Waals surface area (Å²) in [5.41, 5.74) is 4.32. The summed E-state index contributed by atoms with van der Waals surface area (Å²) < 4.78 is 11.2. The molecule has 0 atom stereocenters. The smallest absolute Gasteiger partial charge is 0.350 e. The second kappa shape index (κ2) is 11.7. The molecule has 0 unspecified atom stereocenters. The average molecular weight is 545 g/mol. The van der Waals surface area contributed by atoms with E-state index in [1.54, 1.807) is 6.20 Å². The SMILES string of the molecule is COC(=O)c1sc(C2=C/C=C(/c3cc4ncccc4o3)CC/C=C\2)cc1N(C(=O)C1CCC(C)CC1)C(C)C. The van der Waals surface area contributed by atoms with Crippen LogP contribution in [0, 0.1) is 11.8 Å². The summed E-state index contributed by atoms with van der Waals surface area (Å²) in [6.45, 7) is 6.27. The molecule has 1 saturated carbocycles. The number of hydrogen-bond donors (Lipinski definition) is 0. The minimum Gasteiger partial charge on any atom is -0.465 e. The van der Waals surface area contributed by atoms with Gasteiger partial charge >= 0.3 is 5.97 Å². The van der Waals surface area contributed by atoms with E-state index < -0.39 is 5.97 Å². The van der Waals surface area contributed by atoms with Crippen LogP contribution < -0.4 is 4.90 Å². The van der Waals surface area contributed by atoms with Crippen molar-refractivity contribution in [3.8, 4) is 0 Å². The molecule has 1 amide bonds. The number of hydrogen-bond acceptors (Lipinski definition) is 6. The number of furan rings is 1. The predicted octanol–water partition coefficient (Wildman–Crippen LogP) is 8.06. The lowest BCUT2D eigenvalue weighted by Gasteiger charge is -2.33. The summed E-state index contributed by atoms with van der Waals surface area (Å²) in [4.78, 5) is 34.3. The molecule has 3 heterocycles. The molecule has 0 aliphatic heterocycles. The summed E-state index contributed by atoms with van der Waals surface area (Å²) in [6, 6.07) is 7.68. The molecule has 6 nitrogen and oxygen atoms in total. The third-order valence-electron chi connectivity index (χ3n) is 7.69. The van der Waals surface area contributed by atoms with Gasteiger partial charge in [0.2, 0.25) is 5.91 Å². The number of amides is 1. The van der Waals surface area contributed by atoms with Crippen LogP contribution in [0.25, 0.3) is 22.2 Å². The maximum Gasteiger partial charge on any atom is 0.350 e. The second-order valence-electron chi connectivity index (χ2n) is 10.8. The second-order valence-corrected chi connectivity index (χ2v) is 11.9. The fraction of sp³-hybridized carbons (Fsp3) is 0.406. The van der Waals surface area contributed by atoms with Gasteiger partial charge in [0.25, 0.3) is 0 Å². The predicted molar refractivity (Wildman–Crippen MR) is 158 cm³/mol. The van der Waals surface area contributed by atoms with Crippen LogP contribution in [0.15, 0.2) is 59.2 Å². The molecule has 2 aliphatic carbocycles. The van der Waals surface area contributed by atoms with Gasteiger partial charge in [-0.05, 0) is 87.6 Å². The van der Waals surface area contributed by atoms with Gasteiger partial charge in [-0.1, -0.05) is 31.2 Å². The van der Waals surface area contributed by atoms with Crippen molar-refractivity contribution in [3.63, 3.8) is 0 Å². The number of nitrogens with zero attached hydrogens (tertiary/aromatic N) is 2. The molecular formula is C32H36N2O4S. The largest absolute Gasteiger partial charge is 0.465 e. The summed E-state index contributed by atoms with van der Waals surface area (Å²) in [6.07, 6.45) is 15.8. The lowest BCUT2D eigenvalue weighted by atomic mass is 9.82. The normalized spacial score (nSPS) is 23.3. The van der Waals surface area contributed by atoms with Gasteiger partial charge in [-0.2, -0.15) is 0 Å². The highest BCUT2D eigenvalue weighted by molar-refractivity contribution is 7.15. The van der Waals surface area contributed by atoms with E-state index in [1.807, 2.05) is 43.0 Å². The van der Waals surface area contributed by atoms with Gasteiger partial charge in [0.15, 0.2) is 5.58 Å². The van der Waals surface area contributed by atoms with Gasteiger partial charge in [-0.15, -0.1) is 11.3 Å². The standard InChI is InChI=1S/C32H36N2O4S/c1-20(2)34(31(35)24-13-11-21(3)12-14-24)26-19-29(39-30(26)32(36)37-4)23-9-6-5-8-22(15-16-23)28-18-25-27(38-28)10-7-17-33-25/h6-7,9-10,15-21,24H,5,8,11-14H2,1-4H3/b9-6-,22-15+,23-16+.